The van der Waals surface area contributed by atoms with Crippen molar-refractivity contribution in [3.8, 4) is 0 Å². The van der Waals surface area contributed by atoms with Crippen molar-refractivity contribution in [2.24, 2.45) is 0 Å². The average Bonchev–Trinajstić information content (AvgIpc) is 3.11. The van der Waals surface area contributed by atoms with Crippen LogP contribution in [0.3, 0.4) is 0 Å². The summed E-state index contributed by atoms with van der Waals surface area (Å²) in [5, 5.41) is 0.793. The molecule has 0 spiro atoms. The van der Waals surface area contributed by atoms with Gasteiger partial charge in [0.05, 0.1) is 6.61 Å². The Morgan fingerprint density at radius 3 is 2.35 bits per heavy atom. The van der Waals surface area contributed by atoms with Crippen molar-refractivity contribution in [1.82, 2.24) is 4.98 Å². The number of halogens is 2. The summed E-state index contributed by atoms with van der Waals surface area (Å²) in [6.07, 6.45) is 0. The SMILES string of the molecule is Clc1ccc(C2(c3ccccc3)CO2)c(Cl)n1. The number of hydrogen-bond acceptors (Lipinski definition) is 2. The molecule has 1 aliphatic rings. The maximum Gasteiger partial charge on any atom is 0.144 e. The van der Waals surface area contributed by atoms with Gasteiger partial charge in [-0.1, -0.05) is 53.5 Å². The van der Waals surface area contributed by atoms with Gasteiger partial charge in [-0.15, -0.1) is 0 Å². The first kappa shape index (κ1) is 11.0. The Hall–Kier alpha value is -1.09. The third-order valence-electron chi connectivity index (χ3n) is 2.92. The van der Waals surface area contributed by atoms with Crippen molar-refractivity contribution in [3.05, 3.63) is 63.9 Å². The Morgan fingerprint density at radius 1 is 1.06 bits per heavy atom. The van der Waals surface area contributed by atoms with Gasteiger partial charge < -0.3 is 4.74 Å². The van der Waals surface area contributed by atoms with Gasteiger partial charge in [-0.3, -0.25) is 0 Å². The van der Waals surface area contributed by atoms with Crippen molar-refractivity contribution >= 4 is 23.2 Å². The summed E-state index contributed by atoms with van der Waals surface area (Å²) in [5.41, 5.74) is 1.52. The van der Waals surface area contributed by atoms with Crippen LogP contribution in [0.1, 0.15) is 11.1 Å². The van der Waals surface area contributed by atoms with E-state index in [1.807, 2.05) is 36.4 Å². The minimum absolute atomic E-state index is 0.391. The third-order valence-corrected chi connectivity index (χ3v) is 3.42. The Bertz CT molecular complexity index is 553. The van der Waals surface area contributed by atoms with Crippen molar-refractivity contribution in [2.45, 2.75) is 5.60 Å². The lowest BCUT2D eigenvalue weighted by atomic mass is 9.93. The monoisotopic (exact) mass is 265 g/mol. The molecule has 3 rings (SSSR count). The number of ether oxygens (including phenoxy) is 1. The number of pyridine rings is 1. The van der Waals surface area contributed by atoms with E-state index in [2.05, 4.69) is 4.98 Å². The standard InChI is InChI=1S/C13H9Cl2NO/c14-11-7-6-10(12(15)16-11)13(8-17-13)9-4-2-1-3-5-9/h1-7H,8H2. The van der Waals surface area contributed by atoms with E-state index in [4.69, 9.17) is 27.9 Å². The summed E-state index contributed by atoms with van der Waals surface area (Å²) in [7, 11) is 0. The second kappa shape index (κ2) is 3.98. The lowest BCUT2D eigenvalue weighted by Crippen LogP contribution is -2.11. The summed E-state index contributed by atoms with van der Waals surface area (Å²) in [4.78, 5) is 4.06. The van der Waals surface area contributed by atoms with Crippen LogP contribution in [0, 0.1) is 0 Å². The van der Waals surface area contributed by atoms with Gasteiger partial charge >= 0.3 is 0 Å². The van der Waals surface area contributed by atoms with E-state index >= 15 is 0 Å². The molecule has 1 aromatic carbocycles. The molecule has 86 valence electrons. The predicted octanol–water partition coefficient (Wildman–Crippen LogP) is 3.66. The summed E-state index contributed by atoms with van der Waals surface area (Å²) in [6.45, 7) is 0.625. The van der Waals surface area contributed by atoms with Crippen LogP contribution in [-0.2, 0) is 10.3 Å². The molecular weight excluding hydrogens is 257 g/mol. The molecule has 1 unspecified atom stereocenters. The summed E-state index contributed by atoms with van der Waals surface area (Å²) >= 11 is 11.9. The van der Waals surface area contributed by atoms with Crippen LogP contribution in [0.5, 0.6) is 0 Å². The first-order valence-electron chi connectivity index (χ1n) is 5.24. The van der Waals surface area contributed by atoms with E-state index in [0.29, 0.717) is 16.9 Å². The summed E-state index contributed by atoms with van der Waals surface area (Å²) in [6, 6.07) is 13.6. The van der Waals surface area contributed by atoms with E-state index in [9.17, 15) is 0 Å². The Morgan fingerprint density at radius 2 is 1.76 bits per heavy atom. The highest BCUT2D eigenvalue weighted by Crippen LogP contribution is 2.47. The molecule has 2 heterocycles. The molecular formula is C13H9Cl2NO. The lowest BCUT2D eigenvalue weighted by Gasteiger charge is -2.13. The van der Waals surface area contributed by atoms with Gasteiger partial charge in [0.1, 0.15) is 15.9 Å². The Balaban J connectivity index is 2.10. The third kappa shape index (κ3) is 1.82. The second-order valence-electron chi connectivity index (χ2n) is 3.95. The minimum Gasteiger partial charge on any atom is -0.359 e. The fourth-order valence-corrected chi connectivity index (χ4v) is 2.47. The molecule has 4 heteroatoms. The first-order chi connectivity index (χ1) is 8.22. The molecule has 0 bridgehead atoms. The first-order valence-corrected chi connectivity index (χ1v) is 6.00. The highest BCUT2D eigenvalue weighted by molar-refractivity contribution is 6.33. The van der Waals surface area contributed by atoms with E-state index in [1.165, 1.54) is 0 Å². The van der Waals surface area contributed by atoms with E-state index < -0.39 is 5.60 Å². The average molecular weight is 266 g/mol. The molecule has 1 saturated heterocycles. The molecule has 0 amide bonds. The van der Waals surface area contributed by atoms with Gasteiger partial charge in [-0.25, -0.2) is 4.98 Å². The van der Waals surface area contributed by atoms with Crippen molar-refractivity contribution < 1.29 is 4.74 Å². The highest BCUT2D eigenvalue weighted by Gasteiger charge is 2.49. The van der Waals surface area contributed by atoms with Crippen molar-refractivity contribution in [1.29, 1.82) is 0 Å². The number of nitrogens with zero attached hydrogens (tertiary/aromatic N) is 1. The zero-order valence-corrected chi connectivity index (χ0v) is 10.4. The van der Waals surface area contributed by atoms with Gasteiger partial charge in [0.2, 0.25) is 0 Å². The summed E-state index contributed by atoms with van der Waals surface area (Å²) in [5.74, 6) is 0. The van der Waals surface area contributed by atoms with Gasteiger partial charge in [0.15, 0.2) is 0 Å². The van der Waals surface area contributed by atoms with Gasteiger partial charge in [-0.05, 0) is 17.7 Å². The summed E-state index contributed by atoms with van der Waals surface area (Å²) < 4.78 is 5.62. The molecule has 1 aromatic heterocycles. The van der Waals surface area contributed by atoms with E-state index in [-0.39, 0.29) is 0 Å². The highest BCUT2D eigenvalue weighted by atomic mass is 35.5. The number of epoxide rings is 1. The second-order valence-corrected chi connectivity index (χ2v) is 4.70. The minimum atomic E-state index is -0.435. The van der Waals surface area contributed by atoms with Crippen molar-refractivity contribution in [3.63, 3.8) is 0 Å². The topological polar surface area (TPSA) is 25.4 Å². The fourth-order valence-electron chi connectivity index (χ4n) is 1.97. The molecule has 1 aliphatic heterocycles. The predicted molar refractivity (Wildman–Crippen MR) is 67.4 cm³/mol. The Kier molecular flexibility index (Phi) is 2.58. The molecule has 0 aliphatic carbocycles. The maximum atomic E-state index is 6.13. The molecule has 0 radical (unpaired) electrons. The van der Waals surface area contributed by atoms with Crippen LogP contribution >= 0.6 is 23.2 Å². The Labute approximate surface area is 109 Å². The molecule has 1 fully saturated rings. The lowest BCUT2D eigenvalue weighted by molar-refractivity contribution is 0.348. The van der Waals surface area contributed by atoms with Crippen LogP contribution in [0.25, 0.3) is 0 Å². The number of benzene rings is 1. The van der Waals surface area contributed by atoms with Gasteiger partial charge in [0, 0.05) is 5.56 Å². The van der Waals surface area contributed by atoms with Crippen molar-refractivity contribution in [2.75, 3.05) is 6.61 Å². The number of hydrogen-bond donors (Lipinski definition) is 0. The molecule has 0 saturated carbocycles. The largest absolute Gasteiger partial charge is 0.359 e. The maximum absolute atomic E-state index is 6.13. The molecule has 2 aromatic rings. The molecule has 17 heavy (non-hydrogen) atoms. The zero-order chi connectivity index (χ0) is 11.9. The molecule has 2 nitrogen and oxygen atoms in total. The smallest absolute Gasteiger partial charge is 0.144 e. The van der Waals surface area contributed by atoms with Crippen LogP contribution < -0.4 is 0 Å². The number of aromatic nitrogens is 1. The molecule has 0 N–H and O–H groups in total. The number of rotatable bonds is 2. The van der Waals surface area contributed by atoms with Crippen LogP contribution in [0.15, 0.2) is 42.5 Å². The van der Waals surface area contributed by atoms with Crippen LogP contribution in [-0.4, -0.2) is 11.6 Å². The van der Waals surface area contributed by atoms with Gasteiger partial charge in [0.25, 0.3) is 0 Å². The normalized spacial score (nSPS) is 22.5. The van der Waals surface area contributed by atoms with Crippen LogP contribution in [0.2, 0.25) is 10.3 Å². The van der Waals surface area contributed by atoms with E-state index in [0.717, 1.165) is 11.1 Å². The van der Waals surface area contributed by atoms with E-state index in [1.54, 1.807) is 6.07 Å². The zero-order valence-electron chi connectivity index (χ0n) is 8.86. The molecule has 1 atom stereocenters. The van der Waals surface area contributed by atoms with Crippen LogP contribution in [0.4, 0.5) is 0 Å². The fraction of sp³-hybridized carbons (Fsp3) is 0.154. The van der Waals surface area contributed by atoms with Gasteiger partial charge in [-0.2, -0.15) is 0 Å². The quantitative estimate of drug-likeness (QED) is 0.612.